The van der Waals surface area contributed by atoms with Gasteiger partial charge in [-0.25, -0.2) is 9.78 Å². The van der Waals surface area contributed by atoms with Gasteiger partial charge < -0.3 is 14.6 Å². The lowest BCUT2D eigenvalue weighted by Gasteiger charge is -2.39. The van der Waals surface area contributed by atoms with Crippen LogP contribution in [-0.2, 0) is 16.6 Å². The molecule has 2 aromatic carbocycles. The van der Waals surface area contributed by atoms with Crippen LogP contribution in [0.2, 0.25) is 0 Å². The van der Waals surface area contributed by atoms with E-state index in [1.54, 1.807) is 48.9 Å². The van der Waals surface area contributed by atoms with E-state index in [-0.39, 0.29) is 18.3 Å². The number of hydrogen-bond donors (Lipinski definition) is 1. The maximum absolute atomic E-state index is 14.7. The Balaban J connectivity index is 1.72. The molecule has 3 heterocycles. The highest BCUT2D eigenvalue weighted by Gasteiger charge is 2.59. The Kier molecular flexibility index (Phi) is 7.77. The molecule has 0 aliphatic carbocycles. The third-order valence-corrected chi connectivity index (χ3v) is 8.23. The molecule has 5 rings (SSSR count). The molecule has 1 N–H and O–H groups in total. The van der Waals surface area contributed by atoms with Crippen LogP contribution in [0.5, 0.6) is 5.75 Å². The SMILES string of the molecule is COc1cc(C(=O)N2[C@@H](c3nccs3)[C@@H](c3cnccn3)C[C@@]2(Cc2ccccc2)OC(=O)O)ccc1C(C)(C)C. The largest absolute Gasteiger partial charge is 0.507 e. The van der Waals surface area contributed by atoms with Crippen molar-refractivity contribution < 1.29 is 24.2 Å². The quantitative estimate of drug-likeness (QED) is 0.259. The van der Waals surface area contributed by atoms with Crippen LogP contribution in [0.1, 0.15) is 71.3 Å². The van der Waals surface area contributed by atoms with Crippen molar-refractivity contribution in [3.63, 3.8) is 0 Å². The molecule has 41 heavy (non-hydrogen) atoms. The number of likely N-dealkylation sites (tertiary alicyclic amines) is 1. The fourth-order valence-electron chi connectivity index (χ4n) is 5.67. The first-order valence-corrected chi connectivity index (χ1v) is 14.1. The lowest BCUT2D eigenvalue weighted by Crippen LogP contribution is -2.52. The molecular formula is C31H32N4O5S. The standard InChI is InChI=1S/C31H32N4O5S/c1-30(2,3)23-11-10-21(16-25(23)39-4)28(36)35-26(27-34-14-15-41-27)22(24-19-32-12-13-33-24)18-31(35,40-29(37)38)17-20-8-6-5-7-9-20/h5-16,19,22,26H,17-18H2,1-4H3,(H,37,38)/t22-,26-,31-/m1/s1. The molecule has 0 bridgehead atoms. The van der Waals surface area contributed by atoms with Crippen molar-refractivity contribution in [1.29, 1.82) is 0 Å². The van der Waals surface area contributed by atoms with E-state index in [0.717, 1.165) is 11.1 Å². The van der Waals surface area contributed by atoms with Crippen molar-refractivity contribution in [2.45, 2.75) is 56.7 Å². The fourth-order valence-corrected chi connectivity index (χ4v) is 6.47. The Morgan fingerprint density at radius 3 is 2.49 bits per heavy atom. The summed E-state index contributed by atoms with van der Waals surface area (Å²) in [6.07, 6.45) is 5.32. The van der Waals surface area contributed by atoms with E-state index >= 15 is 0 Å². The molecule has 1 saturated heterocycles. The minimum absolute atomic E-state index is 0.141. The van der Waals surface area contributed by atoms with Crippen LogP contribution in [0.4, 0.5) is 4.79 Å². The van der Waals surface area contributed by atoms with Crippen LogP contribution in [0.25, 0.3) is 0 Å². The number of nitrogens with zero attached hydrogens (tertiary/aromatic N) is 4. The van der Waals surface area contributed by atoms with Crippen molar-refractivity contribution in [2.24, 2.45) is 0 Å². The molecule has 2 aromatic heterocycles. The van der Waals surface area contributed by atoms with Crippen LogP contribution in [-0.4, -0.2) is 49.9 Å². The molecule has 1 fully saturated rings. The number of thiazole rings is 1. The van der Waals surface area contributed by atoms with E-state index in [4.69, 9.17) is 9.47 Å². The third kappa shape index (κ3) is 5.65. The van der Waals surface area contributed by atoms with Crippen LogP contribution in [0.15, 0.2) is 78.7 Å². The highest BCUT2D eigenvalue weighted by atomic mass is 32.1. The van der Waals surface area contributed by atoms with E-state index in [1.165, 1.54) is 11.3 Å². The highest BCUT2D eigenvalue weighted by Crippen LogP contribution is 2.54. The molecule has 0 spiro atoms. The molecular weight excluding hydrogens is 540 g/mol. The predicted octanol–water partition coefficient (Wildman–Crippen LogP) is 6.24. The number of ether oxygens (including phenoxy) is 2. The molecule has 0 unspecified atom stereocenters. The van der Waals surface area contributed by atoms with Crippen LogP contribution >= 0.6 is 11.3 Å². The van der Waals surface area contributed by atoms with Gasteiger partial charge in [-0.1, -0.05) is 57.2 Å². The summed E-state index contributed by atoms with van der Waals surface area (Å²) >= 11 is 1.39. The minimum atomic E-state index is -1.56. The normalized spacial score (nSPS) is 20.5. The molecule has 1 aliphatic rings. The topological polar surface area (TPSA) is 115 Å². The van der Waals surface area contributed by atoms with Gasteiger partial charge in [0.25, 0.3) is 5.91 Å². The molecule has 9 nitrogen and oxygen atoms in total. The first kappa shape index (κ1) is 28.2. The second-order valence-electron chi connectivity index (χ2n) is 11.1. The Hall–Kier alpha value is -4.31. The maximum Gasteiger partial charge on any atom is 0.507 e. The number of hydrogen-bond acceptors (Lipinski definition) is 8. The average Bonchev–Trinajstić information content (AvgIpc) is 3.59. The second kappa shape index (κ2) is 11.3. The number of carbonyl (C=O) groups is 2. The molecule has 3 atom stereocenters. The van der Waals surface area contributed by atoms with Gasteiger partial charge in [-0.2, -0.15) is 0 Å². The lowest BCUT2D eigenvalue weighted by molar-refractivity contribution is -0.0968. The monoisotopic (exact) mass is 572 g/mol. The number of carboxylic acid groups (broad SMARTS) is 1. The summed E-state index contributed by atoms with van der Waals surface area (Å²) in [7, 11) is 1.57. The zero-order valence-electron chi connectivity index (χ0n) is 23.4. The van der Waals surface area contributed by atoms with Gasteiger partial charge in [-0.05, 0) is 28.7 Å². The van der Waals surface area contributed by atoms with E-state index in [0.29, 0.717) is 22.0 Å². The summed E-state index contributed by atoms with van der Waals surface area (Å²) < 4.78 is 11.5. The van der Waals surface area contributed by atoms with E-state index in [9.17, 15) is 14.7 Å². The number of aromatic nitrogens is 3. The smallest absolute Gasteiger partial charge is 0.496 e. The van der Waals surface area contributed by atoms with Gasteiger partial charge in [0.1, 0.15) is 10.8 Å². The Bertz CT molecular complexity index is 1510. The Morgan fingerprint density at radius 2 is 1.88 bits per heavy atom. The molecule has 10 heteroatoms. The first-order chi connectivity index (χ1) is 19.6. The van der Waals surface area contributed by atoms with Crippen molar-refractivity contribution >= 4 is 23.4 Å². The van der Waals surface area contributed by atoms with Gasteiger partial charge in [-0.3, -0.25) is 19.7 Å². The summed E-state index contributed by atoms with van der Waals surface area (Å²) in [6.45, 7) is 6.22. The summed E-state index contributed by atoms with van der Waals surface area (Å²) in [5, 5.41) is 12.5. The number of carbonyl (C=O) groups excluding carboxylic acids is 1. The third-order valence-electron chi connectivity index (χ3n) is 7.38. The van der Waals surface area contributed by atoms with Crippen LogP contribution in [0.3, 0.4) is 0 Å². The van der Waals surface area contributed by atoms with E-state index < -0.39 is 29.7 Å². The van der Waals surface area contributed by atoms with Gasteiger partial charge in [-0.15, -0.1) is 11.3 Å². The first-order valence-electron chi connectivity index (χ1n) is 13.3. The zero-order chi connectivity index (χ0) is 29.2. The van der Waals surface area contributed by atoms with E-state index in [2.05, 4.69) is 35.7 Å². The molecule has 4 aromatic rings. The van der Waals surface area contributed by atoms with Crippen molar-refractivity contribution in [3.8, 4) is 5.75 Å². The molecule has 212 valence electrons. The van der Waals surface area contributed by atoms with E-state index in [1.807, 2.05) is 41.8 Å². The highest BCUT2D eigenvalue weighted by molar-refractivity contribution is 7.09. The summed E-state index contributed by atoms with van der Waals surface area (Å²) in [5.41, 5.74) is 0.968. The van der Waals surface area contributed by atoms with Crippen molar-refractivity contribution in [2.75, 3.05) is 7.11 Å². The molecule has 1 aliphatic heterocycles. The second-order valence-corrected chi connectivity index (χ2v) is 12.0. The maximum atomic E-state index is 14.7. The Labute approximate surface area is 242 Å². The zero-order valence-corrected chi connectivity index (χ0v) is 24.2. The van der Waals surface area contributed by atoms with Gasteiger partial charge in [0, 0.05) is 54.5 Å². The fraction of sp³-hybridized carbons (Fsp3) is 0.323. The van der Waals surface area contributed by atoms with Gasteiger partial charge in [0.15, 0.2) is 5.72 Å². The lowest BCUT2D eigenvalue weighted by atomic mass is 9.85. The number of benzene rings is 2. The summed E-state index contributed by atoms with van der Waals surface area (Å²) in [4.78, 5) is 42.0. The summed E-state index contributed by atoms with van der Waals surface area (Å²) in [5.74, 6) is -0.253. The van der Waals surface area contributed by atoms with Gasteiger partial charge in [0.2, 0.25) is 0 Å². The van der Waals surface area contributed by atoms with Gasteiger partial charge in [0.05, 0.1) is 18.8 Å². The predicted molar refractivity (Wildman–Crippen MR) is 154 cm³/mol. The number of amides is 1. The van der Waals surface area contributed by atoms with Crippen molar-refractivity contribution in [3.05, 3.63) is 106 Å². The minimum Gasteiger partial charge on any atom is -0.496 e. The number of methoxy groups -OCH3 is 1. The molecule has 1 amide bonds. The van der Waals surface area contributed by atoms with Crippen molar-refractivity contribution in [1.82, 2.24) is 19.9 Å². The van der Waals surface area contributed by atoms with Gasteiger partial charge >= 0.3 is 6.16 Å². The number of rotatable bonds is 7. The Morgan fingerprint density at radius 1 is 1.10 bits per heavy atom. The van der Waals surface area contributed by atoms with Crippen LogP contribution < -0.4 is 4.74 Å². The summed E-state index contributed by atoms with van der Waals surface area (Å²) in [6, 6.07) is 14.1. The molecule has 0 radical (unpaired) electrons. The van der Waals surface area contributed by atoms with Crippen LogP contribution in [0, 0.1) is 0 Å². The average molecular weight is 573 g/mol. The molecule has 0 saturated carbocycles.